The van der Waals surface area contributed by atoms with Crippen molar-refractivity contribution in [3.05, 3.63) is 0 Å². The molecule has 0 atom stereocenters. The van der Waals surface area contributed by atoms with Crippen molar-refractivity contribution in [2.75, 3.05) is 0 Å². The van der Waals surface area contributed by atoms with E-state index in [0.29, 0.717) is 0 Å². The van der Waals surface area contributed by atoms with Gasteiger partial charge in [0.15, 0.2) is 0 Å². The third kappa shape index (κ3) is 146. The third-order valence-electron chi connectivity index (χ3n) is 0. The first-order valence-corrected chi connectivity index (χ1v) is 2.33. The van der Waals surface area contributed by atoms with Crippen LogP contribution in [0.4, 0.5) is 0 Å². The standard InChI is InChI=1S/6ClH.Ir.H2O.O/h6*1H;;1H2;/q;;;;;;+1;;/p-1. The van der Waals surface area contributed by atoms with Crippen LogP contribution in [0.3, 0.4) is 0 Å². The molecule has 0 saturated carbocycles. The molecule has 0 aliphatic carbocycles. The molecule has 1 N–H and O–H groups in total. The Morgan fingerprint density at radius 1 is 0.778 bits per heavy atom. The molecule has 0 fully saturated rings. The van der Waals surface area contributed by atoms with Crippen LogP contribution < -0.4 is 0 Å². The summed E-state index contributed by atoms with van der Waals surface area (Å²) >= 11 is -1.75. The Morgan fingerprint density at radius 3 is 0.778 bits per heavy atom. The van der Waals surface area contributed by atoms with E-state index >= 15 is 0 Å². The Labute approximate surface area is 99.1 Å². The van der Waals surface area contributed by atoms with Crippen molar-refractivity contribution >= 4 is 74.4 Å². The maximum atomic E-state index is 8.61. The van der Waals surface area contributed by atoms with Gasteiger partial charge in [-0.3, -0.25) is 0 Å². The van der Waals surface area contributed by atoms with Crippen LogP contribution in [-0.4, -0.2) is 3.86 Å². The Bertz CT molecular complexity index is 18.5. The third-order valence-corrected chi connectivity index (χ3v) is 0. The van der Waals surface area contributed by atoms with Gasteiger partial charge in [-0.1, -0.05) is 0 Å². The summed E-state index contributed by atoms with van der Waals surface area (Å²) in [6.07, 6.45) is 0. The summed E-state index contributed by atoms with van der Waals surface area (Å²) in [6, 6.07) is 0. The van der Waals surface area contributed by atoms with Gasteiger partial charge in [0.2, 0.25) is 0 Å². The van der Waals surface area contributed by atoms with E-state index < -0.39 is 18.0 Å². The van der Waals surface area contributed by atoms with Gasteiger partial charge < -0.3 is 0 Å². The molecule has 9 heavy (non-hydrogen) atoms. The first-order valence-electron chi connectivity index (χ1n) is 0.285. The second kappa shape index (κ2) is 85.7. The summed E-state index contributed by atoms with van der Waals surface area (Å²) in [5.41, 5.74) is 0. The van der Waals surface area contributed by atoms with Gasteiger partial charge in [-0.2, -0.15) is 0 Å². The Morgan fingerprint density at radius 2 is 0.778 bits per heavy atom. The molecule has 0 aliphatic rings. The molecular formula is H7Cl6IrO2. The minimum atomic E-state index is -1.75. The molecule has 70 valence electrons. The van der Waals surface area contributed by atoms with Crippen LogP contribution in [0.25, 0.3) is 0 Å². The number of halogens is 6. The van der Waals surface area contributed by atoms with Crippen LogP contribution in [0, 0.1) is 0 Å². The van der Waals surface area contributed by atoms with E-state index in [1.54, 1.807) is 0 Å². The van der Waals surface area contributed by atoms with E-state index in [1.165, 1.54) is 0 Å². The van der Waals surface area contributed by atoms with Crippen molar-refractivity contribution in [1.82, 2.24) is 0 Å². The molecule has 2 nitrogen and oxygen atoms in total. The average Bonchev–Trinajstić information content (AvgIpc) is 0.918. The fourth-order valence-corrected chi connectivity index (χ4v) is 0. The molecule has 0 aromatic heterocycles. The van der Waals surface area contributed by atoms with Gasteiger partial charge >= 0.3 is 25.4 Å². The van der Waals surface area contributed by atoms with E-state index in [2.05, 4.69) is 0 Å². The fourth-order valence-electron chi connectivity index (χ4n) is 0. The predicted molar refractivity (Wildman–Crippen MR) is 46.4 cm³/mol. The van der Waals surface area contributed by atoms with Gasteiger partial charge in [0.25, 0.3) is 0 Å². The second-order valence-corrected chi connectivity index (χ2v) is 0.498. The average molecular weight is 444 g/mol. The molecular weight excluding hydrogens is 437 g/mol. The quantitative estimate of drug-likeness (QED) is 0.620. The summed E-state index contributed by atoms with van der Waals surface area (Å²) < 4.78 is 15.8. The molecule has 0 aliphatic heterocycles. The number of hydrogen-bond donors (Lipinski definition) is 1. The zero-order chi connectivity index (χ0) is 2.71. The van der Waals surface area contributed by atoms with E-state index in [0.717, 1.165) is 0 Å². The molecule has 0 radical (unpaired) electrons. The van der Waals surface area contributed by atoms with Gasteiger partial charge in [0.05, 0.1) is 0 Å². The van der Waals surface area contributed by atoms with Crippen molar-refractivity contribution in [3.63, 3.8) is 0 Å². The Kier molecular flexibility index (Phi) is 635. The number of hydrogen-bond acceptors (Lipinski definition) is 1. The Balaban J connectivity index is -0.00000000133. The van der Waals surface area contributed by atoms with Crippen molar-refractivity contribution in [2.45, 2.75) is 0 Å². The van der Waals surface area contributed by atoms with Gasteiger partial charge in [-0.25, -0.2) is 0 Å². The van der Waals surface area contributed by atoms with Crippen LogP contribution in [0.2, 0.25) is 0 Å². The van der Waals surface area contributed by atoms with Crippen LogP contribution in [-0.2, 0) is 21.5 Å². The van der Waals surface area contributed by atoms with Crippen LogP contribution in [0.15, 0.2) is 0 Å². The first kappa shape index (κ1) is 66.7. The molecule has 0 rings (SSSR count). The molecule has 0 spiro atoms. The normalized spacial score (nSPS) is 2.33. The molecule has 0 unspecified atom stereocenters. The molecule has 0 heterocycles. The van der Waals surface area contributed by atoms with E-state index in [1.807, 2.05) is 0 Å². The molecule has 0 bridgehead atoms. The van der Waals surface area contributed by atoms with E-state index in [-0.39, 0.29) is 74.4 Å². The SMILES string of the molecule is Cl.Cl.Cl.Cl.Cl.Cl.[O]=[Ir][OH]. The van der Waals surface area contributed by atoms with Gasteiger partial charge in [0.1, 0.15) is 0 Å². The predicted octanol–water partition coefficient (Wildman–Crippen LogP) is 1.85. The minimum absolute atomic E-state index is 0. The van der Waals surface area contributed by atoms with Crippen LogP contribution in [0.5, 0.6) is 0 Å². The summed E-state index contributed by atoms with van der Waals surface area (Å²) in [6.45, 7) is 0. The van der Waals surface area contributed by atoms with Crippen LogP contribution >= 0.6 is 74.4 Å². The van der Waals surface area contributed by atoms with E-state index in [4.69, 9.17) is 7.37 Å². The summed E-state index contributed by atoms with van der Waals surface area (Å²) in [5, 5.41) is 0. The van der Waals surface area contributed by atoms with Crippen molar-refractivity contribution in [3.8, 4) is 0 Å². The van der Waals surface area contributed by atoms with Crippen LogP contribution in [0.1, 0.15) is 0 Å². The summed E-state index contributed by atoms with van der Waals surface area (Å²) in [4.78, 5) is 0. The second-order valence-electron chi connectivity index (χ2n) is 0.0609. The van der Waals surface area contributed by atoms with E-state index in [9.17, 15) is 0 Å². The number of rotatable bonds is 0. The Hall–Kier alpha value is 2.15. The van der Waals surface area contributed by atoms with Gasteiger partial charge in [-0.15, -0.1) is 74.4 Å². The van der Waals surface area contributed by atoms with Gasteiger partial charge in [0, 0.05) is 0 Å². The fraction of sp³-hybridized carbons (Fsp3) is 0. The monoisotopic (exact) mass is 442 g/mol. The molecule has 9 heteroatoms. The topological polar surface area (TPSA) is 37.3 Å². The summed E-state index contributed by atoms with van der Waals surface area (Å²) in [5.74, 6) is 0. The van der Waals surface area contributed by atoms with Gasteiger partial charge in [-0.05, 0) is 0 Å². The maximum absolute atomic E-state index is 8.61. The molecule has 0 aromatic carbocycles. The molecule has 0 amide bonds. The first-order chi connectivity index (χ1) is 1.41. The van der Waals surface area contributed by atoms with Crippen molar-refractivity contribution < 1.29 is 25.4 Å². The molecule has 0 aromatic rings. The molecule has 0 saturated heterocycles. The zero-order valence-corrected chi connectivity index (χ0v) is 10.9. The summed E-state index contributed by atoms with van der Waals surface area (Å²) in [7, 11) is 0. The zero-order valence-electron chi connectivity index (χ0n) is 3.64. The van der Waals surface area contributed by atoms with Crippen molar-refractivity contribution in [2.24, 2.45) is 0 Å². The van der Waals surface area contributed by atoms with Crippen molar-refractivity contribution in [1.29, 1.82) is 0 Å².